The number of rotatable bonds is 8. The van der Waals surface area contributed by atoms with E-state index < -0.39 is 27.3 Å². The lowest BCUT2D eigenvalue weighted by atomic mass is 10.3. The Kier molecular flexibility index (Phi) is 6.05. The molecule has 0 saturated carbocycles. The second kappa shape index (κ2) is 8.35. The van der Waals surface area contributed by atoms with Crippen molar-refractivity contribution in [3.63, 3.8) is 0 Å². The van der Waals surface area contributed by atoms with Crippen LogP contribution in [0.3, 0.4) is 0 Å². The van der Waals surface area contributed by atoms with Crippen molar-refractivity contribution in [2.75, 3.05) is 14.2 Å². The molecule has 1 aromatic carbocycles. The van der Waals surface area contributed by atoms with E-state index in [9.17, 15) is 17.2 Å². The fraction of sp³-hybridized carbons (Fsp3) is 0.250. The van der Waals surface area contributed by atoms with Gasteiger partial charge in [0.15, 0.2) is 11.5 Å². The van der Waals surface area contributed by atoms with Crippen LogP contribution in [0.2, 0.25) is 0 Å². The van der Waals surface area contributed by atoms with Gasteiger partial charge in [-0.05, 0) is 12.1 Å². The smallest absolute Gasteiger partial charge is 0.387 e. The second-order valence-corrected chi connectivity index (χ2v) is 7.58. The standard InChI is InChI=1S/C16H15ClF2N4O5S/c1-26-11-5-6-20-12(13(11)27-2)14(17)23-29(24,25)16-21-9-4-3-8(28-15(18)19)7-10(9)22-16/h3-7,14-15,23H,1-2H3,(H,21,22). The zero-order valence-corrected chi connectivity index (χ0v) is 16.6. The summed E-state index contributed by atoms with van der Waals surface area (Å²) in [7, 11) is -1.45. The third kappa shape index (κ3) is 4.49. The van der Waals surface area contributed by atoms with Gasteiger partial charge in [-0.2, -0.15) is 13.5 Å². The maximum absolute atomic E-state index is 12.7. The second-order valence-electron chi connectivity index (χ2n) is 5.51. The summed E-state index contributed by atoms with van der Waals surface area (Å²) in [6.45, 7) is -3.02. The number of alkyl halides is 3. The number of aromatic nitrogens is 3. The van der Waals surface area contributed by atoms with E-state index >= 15 is 0 Å². The van der Waals surface area contributed by atoms with Crippen LogP contribution in [0, 0.1) is 0 Å². The molecule has 0 spiro atoms. The predicted molar refractivity (Wildman–Crippen MR) is 99.0 cm³/mol. The molecule has 9 nitrogen and oxygen atoms in total. The average Bonchev–Trinajstić information content (AvgIpc) is 3.10. The maximum atomic E-state index is 12.7. The van der Waals surface area contributed by atoms with Gasteiger partial charge in [0.25, 0.3) is 10.0 Å². The molecule has 0 aliphatic carbocycles. The van der Waals surface area contributed by atoms with E-state index in [-0.39, 0.29) is 22.7 Å². The van der Waals surface area contributed by atoms with E-state index in [2.05, 4.69) is 24.4 Å². The quantitative estimate of drug-likeness (QED) is 0.402. The first kappa shape index (κ1) is 21.0. The Labute approximate surface area is 169 Å². The third-order valence-electron chi connectivity index (χ3n) is 3.73. The largest absolute Gasteiger partial charge is 0.493 e. The Balaban J connectivity index is 1.89. The Morgan fingerprint density at radius 1 is 1.21 bits per heavy atom. The van der Waals surface area contributed by atoms with Crippen molar-refractivity contribution in [2.45, 2.75) is 17.3 Å². The van der Waals surface area contributed by atoms with E-state index in [1.807, 2.05) is 0 Å². The number of halogens is 3. The lowest BCUT2D eigenvalue weighted by Crippen LogP contribution is -2.27. The summed E-state index contributed by atoms with van der Waals surface area (Å²) in [6.07, 6.45) is 1.38. The molecular formula is C16H15ClF2N4O5S. The van der Waals surface area contributed by atoms with Gasteiger partial charge in [-0.3, -0.25) is 4.98 Å². The summed E-state index contributed by atoms with van der Waals surface area (Å²) in [4.78, 5) is 10.5. The molecule has 0 radical (unpaired) electrons. The lowest BCUT2D eigenvalue weighted by molar-refractivity contribution is -0.0497. The van der Waals surface area contributed by atoms with Gasteiger partial charge >= 0.3 is 6.61 Å². The van der Waals surface area contributed by atoms with Crippen LogP contribution in [0.25, 0.3) is 11.0 Å². The van der Waals surface area contributed by atoms with Gasteiger partial charge < -0.3 is 19.2 Å². The first-order valence-corrected chi connectivity index (χ1v) is 9.85. The molecule has 0 amide bonds. The topological polar surface area (TPSA) is 115 Å². The predicted octanol–water partition coefficient (Wildman–Crippen LogP) is 2.79. The van der Waals surface area contributed by atoms with Crippen molar-refractivity contribution in [1.29, 1.82) is 0 Å². The third-order valence-corrected chi connectivity index (χ3v) is 5.42. The Morgan fingerprint density at radius 2 is 1.97 bits per heavy atom. The minimum Gasteiger partial charge on any atom is -0.493 e. The first-order chi connectivity index (χ1) is 13.7. The fourth-order valence-corrected chi connectivity index (χ4v) is 3.97. The SMILES string of the molecule is COc1ccnc(C(Cl)NS(=O)(=O)c2nc3cc(OC(F)F)ccc3[nH]2)c1OC. The van der Waals surface area contributed by atoms with Crippen LogP contribution >= 0.6 is 11.6 Å². The fourth-order valence-electron chi connectivity index (χ4n) is 2.51. The minimum atomic E-state index is -4.22. The van der Waals surface area contributed by atoms with Crippen LogP contribution in [0.4, 0.5) is 8.78 Å². The monoisotopic (exact) mass is 448 g/mol. The van der Waals surface area contributed by atoms with Crippen LogP contribution in [0.1, 0.15) is 11.2 Å². The summed E-state index contributed by atoms with van der Waals surface area (Å²) in [6, 6.07) is 5.33. The van der Waals surface area contributed by atoms with Crippen molar-refractivity contribution in [1.82, 2.24) is 19.7 Å². The molecule has 29 heavy (non-hydrogen) atoms. The zero-order chi connectivity index (χ0) is 21.2. The van der Waals surface area contributed by atoms with E-state index in [4.69, 9.17) is 21.1 Å². The van der Waals surface area contributed by atoms with E-state index in [0.29, 0.717) is 11.3 Å². The van der Waals surface area contributed by atoms with Crippen molar-refractivity contribution in [3.05, 3.63) is 36.2 Å². The van der Waals surface area contributed by atoms with Crippen molar-refractivity contribution < 1.29 is 31.4 Å². The average molecular weight is 449 g/mol. The number of methoxy groups -OCH3 is 2. The molecular weight excluding hydrogens is 434 g/mol. The molecule has 2 aromatic heterocycles. The molecule has 0 aliphatic heterocycles. The molecule has 2 N–H and O–H groups in total. The van der Waals surface area contributed by atoms with E-state index in [0.717, 1.165) is 0 Å². The van der Waals surface area contributed by atoms with Crippen LogP contribution in [0.15, 0.2) is 35.6 Å². The lowest BCUT2D eigenvalue weighted by Gasteiger charge is -2.15. The van der Waals surface area contributed by atoms with Crippen LogP contribution < -0.4 is 18.9 Å². The summed E-state index contributed by atoms with van der Waals surface area (Å²) >= 11 is 6.20. The number of hydrogen-bond acceptors (Lipinski definition) is 7. The molecule has 1 atom stereocenters. The summed E-state index contributed by atoms with van der Waals surface area (Å²) in [5.41, 5.74) is -0.807. The van der Waals surface area contributed by atoms with Crippen LogP contribution in [-0.4, -0.2) is 44.2 Å². The van der Waals surface area contributed by atoms with E-state index in [1.165, 1.54) is 44.7 Å². The van der Waals surface area contributed by atoms with Gasteiger partial charge in [-0.25, -0.2) is 13.4 Å². The normalized spacial score (nSPS) is 12.9. The summed E-state index contributed by atoms with van der Waals surface area (Å²) in [5, 5.41) is -0.464. The number of sulfonamides is 1. The number of benzene rings is 1. The van der Waals surface area contributed by atoms with Gasteiger partial charge in [0.05, 0.1) is 25.3 Å². The zero-order valence-electron chi connectivity index (χ0n) is 15.0. The number of nitrogens with zero attached hydrogens (tertiary/aromatic N) is 2. The number of aromatic amines is 1. The molecule has 3 rings (SSSR count). The number of fused-ring (bicyclic) bond motifs is 1. The van der Waals surface area contributed by atoms with Crippen molar-refractivity contribution in [3.8, 4) is 17.2 Å². The maximum Gasteiger partial charge on any atom is 0.387 e. The molecule has 0 saturated heterocycles. The van der Waals surface area contributed by atoms with Gasteiger partial charge in [-0.15, -0.1) is 0 Å². The molecule has 1 unspecified atom stereocenters. The summed E-state index contributed by atoms with van der Waals surface area (Å²) in [5.74, 6) is 0.324. The van der Waals surface area contributed by atoms with Crippen LogP contribution in [-0.2, 0) is 10.0 Å². The first-order valence-electron chi connectivity index (χ1n) is 7.93. The number of hydrogen-bond donors (Lipinski definition) is 2. The van der Waals surface area contributed by atoms with Crippen LogP contribution in [0.5, 0.6) is 17.2 Å². The highest BCUT2D eigenvalue weighted by Crippen LogP contribution is 2.35. The minimum absolute atomic E-state index is 0.0841. The molecule has 0 fully saturated rings. The van der Waals surface area contributed by atoms with E-state index in [1.54, 1.807) is 0 Å². The number of ether oxygens (including phenoxy) is 3. The number of pyridine rings is 1. The highest BCUT2D eigenvalue weighted by Gasteiger charge is 2.27. The number of imidazole rings is 1. The van der Waals surface area contributed by atoms with Gasteiger partial charge in [0.1, 0.15) is 16.9 Å². The van der Waals surface area contributed by atoms with Crippen molar-refractivity contribution >= 4 is 32.7 Å². The highest BCUT2D eigenvalue weighted by molar-refractivity contribution is 7.89. The molecule has 156 valence electrons. The molecule has 3 aromatic rings. The highest BCUT2D eigenvalue weighted by atomic mass is 35.5. The van der Waals surface area contributed by atoms with Crippen molar-refractivity contribution in [2.24, 2.45) is 0 Å². The Bertz CT molecular complexity index is 1130. The molecule has 2 heterocycles. The number of nitrogens with one attached hydrogen (secondary N) is 2. The number of H-pyrrole nitrogens is 1. The Hall–Kier alpha value is -2.70. The van der Waals surface area contributed by atoms with Gasteiger partial charge in [-0.1, -0.05) is 11.6 Å². The van der Waals surface area contributed by atoms with Gasteiger partial charge in [0.2, 0.25) is 5.16 Å². The van der Waals surface area contributed by atoms with Gasteiger partial charge in [0, 0.05) is 18.3 Å². The molecule has 13 heteroatoms. The summed E-state index contributed by atoms with van der Waals surface area (Å²) < 4.78 is 66.8. The molecule has 0 aliphatic rings. The Morgan fingerprint density at radius 3 is 2.62 bits per heavy atom. The molecule has 0 bridgehead atoms.